The molecule has 7 nitrogen and oxygen atoms in total. The Balaban J connectivity index is 1.84. The number of methoxy groups -OCH3 is 1. The second-order valence-electron chi connectivity index (χ2n) is 10.1. The average Bonchev–Trinajstić information content (AvgIpc) is 2.93. The van der Waals surface area contributed by atoms with E-state index in [0.29, 0.717) is 22.4 Å². The van der Waals surface area contributed by atoms with E-state index in [1.807, 2.05) is 4.90 Å². The molecule has 0 unspecified atom stereocenters. The van der Waals surface area contributed by atoms with Gasteiger partial charge in [0.1, 0.15) is 17.4 Å². The van der Waals surface area contributed by atoms with Crippen LogP contribution in [0.5, 0.6) is 5.75 Å². The number of carbonyl (C=O) groups is 2. The van der Waals surface area contributed by atoms with Crippen molar-refractivity contribution in [2.45, 2.75) is 12.8 Å². The number of halogens is 2. The maximum atomic E-state index is 14.9. The highest BCUT2D eigenvalue weighted by atomic mass is 32.2. The molecule has 1 fully saturated rings. The van der Waals surface area contributed by atoms with Crippen LogP contribution in [0.15, 0.2) is 66.7 Å². The van der Waals surface area contributed by atoms with Gasteiger partial charge in [0.25, 0.3) is 0 Å². The number of benzene rings is 3. The van der Waals surface area contributed by atoms with Gasteiger partial charge < -0.3 is 9.64 Å². The van der Waals surface area contributed by atoms with E-state index in [1.165, 1.54) is 37.4 Å². The summed E-state index contributed by atoms with van der Waals surface area (Å²) >= 11 is 0. The largest absolute Gasteiger partial charge is 0.497 e. The summed E-state index contributed by atoms with van der Waals surface area (Å²) in [7, 11) is -1.97. The number of ether oxygens (including phenoxy) is 1. The van der Waals surface area contributed by atoms with Gasteiger partial charge in [0.15, 0.2) is 11.6 Å². The minimum atomic E-state index is -3.46. The molecule has 212 valence electrons. The maximum Gasteiger partial charge on any atom is 0.208 e. The van der Waals surface area contributed by atoms with Gasteiger partial charge in [0.05, 0.1) is 18.9 Å². The predicted octanol–water partition coefficient (Wildman–Crippen LogP) is 4.23. The molecule has 1 heterocycles. The third-order valence-corrected chi connectivity index (χ3v) is 8.13. The van der Waals surface area contributed by atoms with Crippen molar-refractivity contribution in [2.24, 2.45) is 11.8 Å². The lowest BCUT2D eigenvalue weighted by atomic mass is 9.67. The Bertz CT molecular complexity index is 1510. The number of hydrogen-bond donors (Lipinski definition) is 1. The second-order valence-corrected chi connectivity index (χ2v) is 11.9. The summed E-state index contributed by atoms with van der Waals surface area (Å²) in [5.41, 5.74) is 1.06. The number of likely N-dealkylation sites (tertiary alicyclic amines) is 1. The number of ketones is 2. The Hall–Kier alpha value is -3.47. The molecule has 0 amide bonds. The van der Waals surface area contributed by atoms with Crippen molar-refractivity contribution in [3.8, 4) is 5.75 Å². The number of nitrogens with one attached hydrogen (secondary N) is 1. The van der Waals surface area contributed by atoms with E-state index in [1.54, 1.807) is 43.3 Å². The van der Waals surface area contributed by atoms with Gasteiger partial charge in [-0.05, 0) is 48.4 Å². The van der Waals surface area contributed by atoms with Crippen molar-refractivity contribution < 1.29 is 31.5 Å². The van der Waals surface area contributed by atoms with Gasteiger partial charge in [0.2, 0.25) is 10.0 Å². The predicted molar refractivity (Wildman–Crippen MR) is 148 cm³/mol. The molecule has 0 aromatic heterocycles. The molecule has 4 rings (SSSR count). The third kappa shape index (κ3) is 6.63. The van der Waals surface area contributed by atoms with Crippen LogP contribution in [0.25, 0.3) is 0 Å². The van der Waals surface area contributed by atoms with E-state index >= 15 is 0 Å². The van der Waals surface area contributed by atoms with Crippen molar-refractivity contribution in [2.75, 3.05) is 39.5 Å². The minimum absolute atomic E-state index is 0.0587. The smallest absolute Gasteiger partial charge is 0.208 e. The average molecular weight is 571 g/mol. The molecule has 0 spiro atoms. The van der Waals surface area contributed by atoms with Gasteiger partial charge >= 0.3 is 0 Å². The molecule has 10 heteroatoms. The lowest BCUT2D eigenvalue weighted by Crippen LogP contribution is -2.52. The molecule has 1 aliphatic heterocycles. The number of piperidine rings is 1. The Morgan fingerprint density at radius 2 is 1.60 bits per heavy atom. The first kappa shape index (κ1) is 29.5. The van der Waals surface area contributed by atoms with Gasteiger partial charge in [-0.3, -0.25) is 9.59 Å². The monoisotopic (exact) mass is 570 g/mol. The Morgan fingerprint density at radius 3 is 2.27 bits per heavy atom. The zero-order chi connectivity index (χ0) is 29.0. The molecule has 1 aliphatic rings. The van der Waals surface area contributed by atoms with E-state index in [2.05, 4.69) is 4.72 Å². The lowest BCUT2D eigenvalue weighted by molar-refractivity contribution is 0.0574. The van der Waals surface area contributed by atoms with E-state index in [4.69, 9.17) is 4.74 Å². The molecule has 3 atom stereocenters. The number of rotatable bonds is 10. The fraction of sp³-hybridized carbons (Fsp3) is 0.333. The number of hydrogen-bond acceptors (Lipinski definition) is 6. The summed E-state index contributed by atoms with van der Waals surface area (Å²) in [6, 6.07) is 16.9. The van der Waals surface area contributed by atoms with Gasteiger partial charge in [-0.25, -0.2) is 21.9 Å². The molecule has 1 N–H and O–H groups in total. The summed E-state index contributed by atoms with van der Waals surface area (Å²) in [4.78, 5) is 29.9. The quantitative estimate of drug-likeness (QED) is 0.367. The standard InChI is InChI=1S/C30H32F2N2O5S/c1-19-22(11-7-13-26(19)31)28-24(29(35)20-8-6-9-21(16-20)39-2)17-34(15-14-33-40(3,37)38)18-25(28)30(36)23-10-4-5-12-27(23)32/h4-13,16,24-25,28,33H,14-15,17-18H2,1-3H3/t24-,25-,28-/m0/s1. The fourth-order valence-electron chi connectivity index (χ4n) is 5.47. The Labute approximate surface area is 233 Å². The van der Waals surface area contributed by atoms with Crippen LogP contribution in [0.2, 0.25) is 0 Å². The Morgan fingerprint density at radius 1 is 0.950 bits per heavy atom. The summed E-state index contributed by atoms with van der Waals surface area (Å²) in [5.74, 6) is -3.95. The second kappa shape index (κ2) is 12.4. The SMILES string of the molecule is COc1cccc(C(=O)[C@H]2CN(CCNS(C)(=O)=O)C[C@H](C(=O)c3ccccc3F)[C@H]2c2cccc(F)c2C)c1. The molecule has 1 saturated heterocycles. The molecule has 40 heavy (non-hydrogen) atoms. The van der Waals surface area contributed by atoms with Crippen molar-refractivity contribution in [3.63, 3.8) is 0 Å². The molecular formula is C30H32F2N2O5S. The molecule has 0 bridgehead atoms. The van der Waals surface area contributed by atoms with Crippen molar-refractivity contribution in [3.05, 3.63) is 101 Å². The molecule has 0 aliphatic carbocycles. The summed E-state index contributed by atoms with van der Waals surface area (Å²) in [6.45, 7) is 2.18. The van der Waals surface area contributed by atoms with Gasteiger partial charge in [-0.2, -0.15) is 0 Å². The van der Waals surface area contributed by atoms with Crippen LogP contribution >= 0.6 is 0 Å². The highest BCUT2D eigenvalue weighted by molar-refractivity contribution is 7.88. The number of carbonyl (C=O) groups excluding carboxylic acids is 2. The highest BCUT2D eigenvalue weighted by Crippen LogP contribution is 2.42. The number of sulfonamides is 1. The molecule has 0 radical (unpaired) electrons. The molecular weight excluding hydrogens is 538 g/mol. The van der Waals surface area contributed by atoms with E-state index in [-0.39, 0.29) is 37.5 Å². The summed E-state index contributed by atoms with van der Waals surface area (Å²) < 4.78 is 60.8. The van der Waals surface area contributed by atoms with Gasteiger partial charge in [0, 0.05) is 49.5 Å². The summed E-state index contributed by atoms with van der Waals surface area (Å²) in [6.07, 6.45) is 1.05. The lowest BCUT2D eigenvalue weighted by Gasteiger charge is -2.43. The zero-order valence-corrected chi connectivity index (χ0v) is 23.4. The van der Waals surface area contributed by atoms with Crippen LogP contribution in [0.3, 0.4) is 0 Å². The molecule has 0 saturated carbocycles. The normalized spacial score (nSPS) is 19.8. The van der Waals surface area contributed by atoms with Crippen LogP contribution in [0.1, 0.15) is 37.8 Å². The number of Topliss-reactive ketones (excluding diaryl/α,β-unsaturated/α-hetero) is 2. The summed E-state index contributed by atoms with van der Waals surface area (Å²) in [5, 5.41) is 0. The van der Waals surface area contributed by atoms with Crippen LogP contribution in [0, 0.1) is 30.4 Å². The van der Waals surface area contributed by atoms with Crippen LogP contribution < -0.4 is 9.46 Å². The molecule has 3 aromatic rings. The van der Waals surface area contributed by atoms with Crippen LogP contribution in [-0.4, -0.2) is 64.4 Å². The van der Waals surface area contributed by atoms with E-state index in [0.717, 1.165) is 6.26 Å². The Kier molecular flexibility index (Phi) is 9.12. The van der Waals surface area contributed by atoms with Crippen LogP contribution in [-0.2, 0) is 10.0 Å². The first-order valence-electron chi connectivity index (χ1n) is 12.9. The zero-order valence-electron chi connectivity index (χ0n) is 22.6. The number of nitrogens with zero attached hydrogens (tertiary/aromatic N) is 1. The minimum Gasteiger partial charge on any atom is -0.497 e. The van der Waals surface area contributed by atoms with Crippen LogP contribution in [0.4, 0.5) is 8.78 Å². The van der Waals surface area contributed by atoms with E-state index < -0.39 is 45.2 Å². The van der Waals surface area contributed by atoms with Crippen molar-refractivity contribution in [1.29, 1.82) is 0 Å². The fourth-order valence-corrected chi connectivity index (χ4v) is 5.93. The highest BCUT2D eigenvalue weighted by Gasteiger charge is 2.45. The van der Waals surface area contributed by atoms with Crippen molar-refractivity contribution >= 4 is 21.6 Å². The maximum absolute atomic E-state index is 14.9. The molecule has 3 aromatic carbocycles. The first-order valence-corrected chi connectivity index (χ1v) is 14.8. The van der Waals surface area contributed by atoms with E-state index in [9.17, 15) is 26.8 Å². The topological polar surface area (TPSA) is 92.8 Å². The van der Waals surface area contributed by atoms with Gasteiger partial charge in [-0.1, -0.05) is 36.4 Å². The third-order valence-electron chi connectivity index (χ3n) is 7.40. The van der Waals surface area contributed by atoms with Crippen molar-refractivity contribution in [1.82, 2.24) is 9.62 Å². The van der Waals surface area contributed by atoms with Gasteiger partial charge in [-0.15, -0.1) is 0 Å². The first-order chi connectivity index (χ1) is 19.0.